The summed E-state index contributed by atoms with van der Waals surface area (Å²) in [6, 6.07) is 13.4. The molecule has 0 aliphatic carbocycles. The van der Waals surface area contributed by atoms with E-state index in [0.717, 1.165) is 21.3 Å². The lowest BCUT2D eigenvalue weighted by Gasteiger charge is -2.07. The Labute approximate surface area is 152 Å². The second-order valence-electron chi connectivity index (χ2n) is 5.52. The first kappa shape index (κ1) is 16.7. The zero-order valence-electron chi connectivity index (χ0n) is 13.3. The van der Waals surface area contributed by atoms with Gasteiger partial charge in [-0.1, -0.05) is 51.5 Å². The first-order valence-electron chi connectivity index (χ1n) is 7.35. The van der Waals surface area contributed by atoms with Gasteiger partial charge < -0.3 is 11.1 Å². The number of aromatic nitrogens is 1. The van der Waals surface area contributed by atoms with Gasteiger partial charge >= 0.3 is 0 Å². The number of hydrogen-bond donors (Lipinski definition) is 2. The molecule has 0 saturated carbocycles. The van der Waals surface area contributed by atoms with Crippen molar-refractivity contribution in [3.63, 3.8) is 0 Å². The Morgan fingerprint density at radius 1 is 1.21 bits per heavy atom. The highest BCUT2D eigenvalue weighted by Crippen LogP contribution is 2.31. The number of ketones is 1. The number of thiazole rings is 1. The number of benzene rings is 2. The maximum Gasteiger partial charge on any atom is 0.206 e. The Kier molecular flexibility index (Phi) is 4.69. The minimum Gasteiger partial charge on any atom is -0.382 e. The number of anilines is 3. The van der Waals surface area contributed by atoms with E-state index in [1.165, 1.54) is 11.3 Å². The summed E-state index contributed by atoms with van der Waals surface area (Å²) in [4.78, 5) is 17.4. The van der Waals surface area contributed by atoms with Crippen LogP contribution in [0.15, 0.2) is 46.9 Å². The average molecular weight is 402 g/mol. The quantitative estimate of drug-likeness (QED) is 0.598. The molecule has 24 heavy (non-hydrogen) atoms. The predicted molar refractivity (Wildman–Crippen MR) is 103 cm³/mol. The average Bonchev–Trinajstić information content (AvgIpc) is 2.90. The van der Waals surface area contributed by atoms with Crippen LogP contribution in [-0.4, -0.2) is 10.8 Å². The first-order valence-corrected chi connectivity index (χ1v) is 8.96. The third-order valence-corrected chi connectivity index (χ3v) is 5.06. The summed E-state index contributed by atoms with van der Waals surface area (Å²) >= 11 is 4.64. The van der Waals surface area contributed by atoms with Crippen molar-refractivity contribution in [2.24, 2.45) is 0 Å². The van der Waals surface area contributed by atoms with E-state index in [1.807, 2.05) is 38.1 Å². The molecule has 0 aliphatic rings. The monoisotopic (exact) mass is 401 g/mol. The van der Waals surface area contributed by atoms with Crippen molar-refractivity contribution >= 4 is 49.7 Å². The van der Waals surface area contributed by atoms with Crippen molar-refractivity contribution in [2.45, 2.75) is 13.8 Å². The van der Waals surface area contributed by atoms with Crippen LogP contribution in [0.4, 0.5) is 16.6 Å². The SMILES string of the molecule is Cc1ccc(C)c(Nc2nc(N)c(C(=O)c3cccc(Br)c3)s2)c1. The lowest BCUT2D eigenvalue weighted by molar-refractivity contribution is 0.104. The number of carbonyl (C=O) groups excluding carboxylic acids is 1. The molecule has 0 aliphatic heterocycles. The maximum absolute atomic E-state index is 12.6. The fourth-order valence-corrected chi connectivity index (χ4v) is 3.55. The summed E-state index contributed by atoms with van der Waals surface area (Å²) in [5, 5.41) is 3.87. The zero-order chi connectivity index (χ0) is 17.3. The van der Waals surface area contributed by atoms with Crippen LogP contribution in [0.1, 0.15) is 26.4 Å². The Balaban J connectivity index is 1.90. The third kappa shape index (κ3) is 3.49. The number of nitrogen functional groups attached to an aromatic ring is 1. The van der Waals surface area contributed by atoms with Gasteiger partial charge in [-0.3, -0.25) is 4.79 Å². The normalized spacial score (nSPS) is 10.6. The van der Waals surface area contributed by atoms with Gasteiger partial charge in [0.15, 0.2) is 5.13 Å². The first-order chi connectivity index (χ1) is 11.4. The van der Waals surface area contributed by atoms with Crippen LogP contribution in [0.2, 0.25) is 0 Å². The lowest BCUT2D eigenvalue weighted by atomic mass is 10.1. The highest BCUT2D eigenvalue weighted by atomic mass is 79.9. The molecule has 6 heteroatoms. The van der Waals surface area contributed by atoms with Gasteiger partial charge in [0.25, 0.3) is 0 Å². The molecule has 3 N–H and O–H groups in total. The largest absolute Gasteiger partial charge is 0.382 e. The number of rotatable bonds is 4. The Hall–Kier alpha value is -2.18. The Bertz CT molecular complexity index is 920. The molecule has 0 amide bonds. The molecule has 0 spiro atoms. The number of nitrogens with one attached hydrogen (secondary N) is 1. The fraction of sp³-hybridized carbons (Fsp3) is 0.111. The number of nitrogens with zero attached hydrogens (tertiary/aromatic N) is 1. The Morgan fingerprint density at radius 3 is 2.75 bits per heavy atom. The van der Waals surface area contributed by atoms with Crippen LogP contribution in [0.3, 0.4) is 0 Å². The van der Waals surface area contributed by atoms with Crippen molar-refractivity contribution in [1.29, 1.82) is 0 Å². The zero-order valence-corrected chi connectivity index (χ0v) is 15.7. The molecule has 0 bridgehead atoms. The lowest BCUT2D eigenvalue weighted by Crippen LogP contribution is -2.02. The molecule has 0 atom stereocenters. The molecule has 3 aromatic rings. The number of halogens is 1. The molecule has 3 rings (SSSR count). The second-order valence-corrected chi connectivity index (χ2v) is 7.43. The van der Waals surface area contributed by atoms with E-state index >= 15 is 0 Å². The van der Waals surface area contributed by atoms with Crippen molar-refractivity contribution in [2.75, 3.05) is 11.1 Å². The maximum atomic E-state index is 12.6. The summed E-state index contributed by atoms with van der Waals surface area (Å²) in [5.74, 6) is 0.123. The van der Waals surface area contributed by atoms with E-state index < -0.39 is 0 Å². The number of carbonyl (C=O) groups is 1. The second kappa shape index (κ2) is 6.75. The van der Waals surface area contributed by atoms with Crippen molar-refractivity contribution < 1.29 is 4.79 Å². The molecule has 0 saturated heterocycles. The van der Waals surface area contributed by atoms with Gasteiger partial charge in [-0.05, 0) is 43.2 Å². The van der Waals surface area contributed by atoms with Crippen LogP contribution in [0, 0.1) is 13.8 Å². The van der Waals surface area contributed by atoms with Gasteiger partial charge in [-0.2, -0.15) is 0 Å². The summed E-state index contributed by atoms with van der Waals surface area (Å²) < 4.78 is 0.852. The van der Waals surface area contributed by atoms with E-state index in [1.54, 1.807) is 12.1 Å². The third-order valence-electron chi connectivity index (χ3n) is 3.58. The van der Waals surface area contributed by atoms with Gasteiger partial charge in [-0.15, -0.1) is 0 Å². The van der Waals surface area contributed by atoms with Crippen LogP contribution in [0.5, 0.6) is 0 Å². The Morgan fingerprint density at radius 2 is 2.00 bits per heavy atom. The minimum absolute atomic E-state index is 0.125. The summed E-state index contributed by atoms with van der Waals surface area (Å²) in [5.41, 5.74) is 9.77. The van der Waals surface area contributed by atoms with Crippen LogP contribution in [-0.2, 0) is 0 Å². The van der Waals surface area contributed by atoms with E-state index in [-0.39, 0.29) is 11.6 Å². The highest BCUT2D eigenvalue weighted by Gasteiger charge is 2.18. The summed E-state index contributed by atoms with van der Waals surface area (Å²) in [7, 11) is 0. The van der Waals surface area contributed by atoms with E-state index in [4.69, 9.17) is 5.73 Å². The van der Waals surface area contributed by atoms with Crippen LogP contribution in [0.25, 0.3) is 0 Å². The van der Waals surface area contributed by atoms with Gasteiger partial charge in [0, 0.05) is 15.7 Å². The molecule has 122 valence electrons. The fourth-order valence-electron chi connectivity index (χ4n) is 2.29. The smallest absolute Gasteiger partial charge is 0.206 e. The molecule has 1 aromatic heterocycles. The van der Waals surface area contributed by atoms with Crippen LogP contribution >= 0.6 is 27.3 Å². The highest BCUT2D eigenvalue weighted by molar-refractivity contribution is 9.10. The number of aryl methyl sites for hydroxylation is 2. The molecular weight excluding hydrogens is 386 g/mol. The molecule has 0 unspecified atom stereocenters. The molecule has 1 heterocycles. The molecule has 4 nitrogen and oxygen atoms in total. The summed E-state index contributed by atoms with van der Waals surface area (Å²) in [6.07, 6.45) is 0. The van der Waals surface area contributed by atoms with E-state index in [9.17, 15) is 4.79 Å². The number of nitrogens with two attached hydrogens (primary N) is 1. The number of hydrogen-bond acceptors (Lipinski definition) is 5. The topological polar surface area (TPSA) is 68.0 Å². The summed E-state index contributed by atoms with van der Waals surface area (Å²) in [6.45, 7) is 4.05. The van der Waals surface area contributed by atoms with Crippen molar-refractivity contribution in [3.8, 4) is 0 Å². The van der Waals surface area contributed by atoms with E-state index in [0.29, 0.717) is 15.6 Å². The van der Waals surface area contributed by atoms with Gasteiger partial charge in [0.1, 0.15) is 10.7 Å². The van der Waals surface area contributed by atoms with Gasteiger partial charge in [0.2, 0.25) is 5.78 Å². The van der Waals surface area contributed by atoms with Crippen molar-refractivity contribution in [3.05, 3.63) is 68.5 Å². The molecular formula is C18H16BrN3OS. The van der Waals surface area contributed by atoms with Gasteiger partial charge in [-0.25, -0.2) is 4.98 Å². The predicted octanol–water partition coefficient (Wildman–Crippen LogP) is 5.08. The van der Waals surface area contributed by atoms with Crippen LogP contribution < -0.4 is 11.1 Å². The molecule has 2 aromatic carbocycles. The minimum atomic E-state index is -0.125. The van der Waals surface area contributed by atoms with Crippen molar-refractivity contribution in [1.82, 2.24) is 4.98 Å². The van der Waals surface area contributed by atoms with E-state index in [2.05, 4.69) is 32.3 Å². The molecule has 0 radical (unpaired) electrons. The standard InChI is InChI=1S/C18H16BrN3OS/c1-10-6-7-11(2)14(8-10)21-18-22-17(20)16(24-18)15(23)12-4-3-5-13(19)9-12/h3-9H,20H2,1-2H3,(H,21,22). The molecule has 0 fully saturated rings. The van der Waals surface area contributed by atoms with Gasteiger partial charge in [0.05, 0.1) is 0 Å².